The average Bonchev–Trinajstić information content (AvgIpc) is 3.17. The molecule has 1 saturated heterocycles. The van der Waals surface area contributed by atoms with Crippen LogP contribution in [0.4, 0.5) is 10.1 Å². The molecule has 6 nitrogen and oxygen atoms in total. The predicted octanol–water partition coefficient (Wildman–Crippen LogP) is 2.84. The fraction of sp³-hybridized carbons (Fsp3) is 0.667. The SMILES string of the molecule is CC(=O)N1[C@@H](C)CN([C@H]2CCC[C@@H](NC(=O)C3Cc4c(F)ccc(C)c4N3)C2)C[C@@H]1C. The summed E-state index contributed by atoms with van der Waals surface area (Å²) in [5.74, 6) is -0.136. The number of fused-ring (bicyclic) bond motifs is 1. The maximum Gasteiger partial charge on any atom is 0.243 e. The van der Waals surface area contributed by atoms with Crippen molar-refractivity contribution < 1.29 is 14.0 Å². The molecule has 2 N–H and O–H groups in total. The van der Waals surface area contributed by atoms with E-state index in [0.29, 0.717) is 18.0 Å². The van der Waals surface area contributed by atoms with Crippen LogP contribution in [0.3, 0.4) is 0 Å². The van der Waals surface area contributed by atoms with E-state index in [9.17, 15) is 14.0 Å². The van der Waals surface area contributed by atoms with Crippen LogP contribution < -0.4 is 10.6 Å². The molecule has 170 valence electrons. The van der Waals surface area contributed by atoms with Crippen molar-refractivity contribution in [1.29, 1.82) is 0 Å². The number of nitrogens with one attached hydrogen (secondary N) is 2. The number of rotatable bonds is 3. The fourth-order valence-corrected chi connectivity index (χ4v) is 5.94. The summed E-state index contributed by atoms with van der Waals surface area (Å²) in [6.45, 7) is 9.59. The number of hydrogen-bond acceptors (Lipinski definition) is 4. The number of benzene rings is 1. The van der Waals surface area contributed by atoms with E-state index in [1.54, 1.807) is 13.0 Å². The van der Waals surface area contributed by atoms with Crippen molar-refractivity contribution in [2.45, 2.75) is 90.0 Å². The van der Waals surface area contributed by atoms with E-state index in [2.05, 4.69) is 29.4 Å². The van der Waals surface area contributed by atoms with Gasteiger partial charge in [-0.1, -0.05) is 6.07 Å². The van der Waals surface area contributed by atoms with Gasteiger partial charge in [-0.05, 0) is 58.1 Å². The largest absolute Gasteiger partial charge is 0.373 e. The van der Waals surface area contributed by atoms with Gasteiger partial charge in [-0.25, -0.2) is 4.39 Å². The minimum Gasteiger partial charge on any atom is -0.373 e. The third-order valence-electron chi connectivity index (χ3n) is 7.33. The normalized spacial score (nSPS) is 31.1. The smallest absolute Gasteiger partial charge is 0.243 e. The first-order valence-corrected chi connectivity index (χ1v) is 11.6. The Morgan fingerprint density at radius 2 is 1.87 bits per heavy atom. The van der Waals surface area contributed by atoms with Gasteiger partial charge in [-0.2, -0.15) is 0 Å². The maximum absolute atomic E-state index is 14.2. The van der Waals surface area contributed by atoms with Gasteiger partial charge in [0, 0.05) is 61.9 Å². The van der Waals surface area contributed by atoms with Crippen LogP contribution in [-0.4, -0.2) is 64.9 Å². The number of halogens is 1. The van der Waals surface area contributed by atoms with Crippen LogP contribution in [0.15, 0.2) is 12.1 Å². The van der Waals surface area contributed by atoms with E-state index in [-0.39, 0.29) is 35.8 Å². The molecule has 1 aliphatic carbocycles. The fourth-order valence-electron chi connectivity index (χ4n) is 5.94. The van der Waals surface area contributed by atoms with Gasteiger partial charge in [0.05, 0.1) is 0 Å². The van der Waals surface area contributed by atoms with E-state index in [1.807, 2.05) is 11.8 Å². The molecule has 0 aromatic heterocycles. The Hall–Kier alpha value is -2.15. The predicted molar refractivity (Wildman–Crippen MR) is 119 cm³/mol. The zero-order valence-corrected chi connectivity index (χ0v) is 19.1. The van der Waals surface area contributed by atoms with Crippen LogP contribution in [0, 0.1) is 12.7 Å². The average molecular weight is 431 g/mol. The van der Waals surface area contributed by atoms with E-state index in [4.69, 9.17) is 0 Å². The Labute approximate surface area is 184 Å². The Morgan fingerprint density at radius 3 is 2.52 bits per heavy atom. The number of aryl methyl sites for hydroxylation is 1. The molecule has 1 saturated carbocycles. The lowest BCUT2D eigenvalue weighted by Crippen LogP contribution is -2.61. The van der Waals surface area contributed by atoms with Crippen molar-refractivity contribution in [2.75, 3.05) is 18.4 Å². The van der Waals surface area contributed by atoms with Crippen LogP contribution in [0.1, 0.15) is 57.6 Å². The van der Waals surface area contributed by atoms with Crippen molar-refractivity contribution in [3.05, 3.63) is 29.1 Å². The molecule has 2 heterocycles. The Morgan fingerprint density at radius 1 is 1.16 bits per heavy atom. The Balaban J connectivity index is 1.35. The molecule has 1 aromatic rings. The molecule has 0 radical (unpaired) electrons. The van der Waals surface area contributed by atoms with Gasteiger partial charge in [0.25, 0.3) is 0 Å². The van der Waals surface area contributed by atoms with Crippen molar-refractivity contribution >= 4 is 17.5 Å². The first-order valence-electron chi connectivity index (χ1n) is 11.6. The van der Waals surface area contributed by atoms with Crippen molar-refractivity contribution in [3.63, 3.8) is 0 Å². The summed E-state index contributed by atoms with van der Waals surface area (Å²) in [7, 11) is 0. The van der Waals surface area contributed by atoms with Crippen molar-refractivity contribution in [2.24, 2.45) is 0 Å². The summed E-state index contributed by atoms with van der Waals surface area (Å²) in [4.78, 5) is 29.4. The second-order valence-corrected chi connectivity index (χ2v) is 9.72. The lowest BCUT2D eigenvalue weighted by molar-refractivity contribution is -0.137. The summed E-state index contributed by atoms with van der Waals surface area (Å²) in [6, 6.07) is 3.79. The van der Waals surface area contributed by atoms with Gasteiger partial charge in [0.2, 0.25) is 11.8 Å². The minimum absolute atomic E-state index is 0.0382. The van der Waals surface area contributed by atoms with E-state index in [1.165, 1.54) is 6.07 Å². The molecule has 0 bridgehead atoms. The molecule has 1 unspecified atom stereocenters. The number of nitrogens with zero attached hydrogens (tertiary/aromatic N) is 2. The monoisotopic (exact) mass is 430 g/mol. The van der Waals surface area contributed by atoms with Gasteiger partial charge in [0.1, 0.15) is 11.9 Å². The number of carbonyl (C=O) groups is 2. The van der Waals surface area contributed by atoms with Gasteiger partial charge >= 0.3 is 0 Å². The topological polar surface area (TPSA) is 64.7 Å². The second kappa shape index (κ2) is 8.77. The number of hydrogen-bond donors (Lipinski definition) is 2. The summed E-state index contributed by atoms with van der Waals surface area (Å²) in [5.41, 5.74) is 2.36. The quantitative estimate of drug-likeness (QED) is 0.774. The highest BCUT2D eigenvalue weighted by molar-refractivity contribution is 5.88. The number of carbonyl (C=O) groups excluding carboxylic acids is 2. The van der Waals surface area contributed by atoms with Crippen LogP contribution in [0.2, 0.25) is 0 Å². The molecule has 3 aliphatic rings. The molecule has 0 spiro atoms. The Bertz CT molecular complexity index is 817. The van der Waals surface area contributed by atoms with Gasteiger partial charge in [-0.3, -0.25) is 14.5 Å². The molecule has 5 atom stereocenters. The molecule has 2 aliphatic heterocycles. The maximum atomic E-state index is 14.2. The highest BCUT2D eigenvalue weighted by Gasteiger charge is 2.37. The lowest BCUT2D eigenvalue weighted by atomic mass is 9.88. The summed E-state index contributed by atoms with van der Waals surface area (Å²) in [5, 5.41) is 6.47. The number of piperazine rings is 1. The molecule has 31 heavy (non-hydrogen) atoms. The zero-order chi connectivity index (χ0) is 22.3. The van der Waals surface area contributed by atoms with Gasteiger partial charge in [0.15, 0.2) is 0 Å². The van der Waals surface area contributed by atoms with E-state index < -0.39 is 6.04 Å². The van der Waals surface area contributed by atoms with Crippen LogP contribution in [0.5, 0.6) is 0 Å². The molecular formula is C24H35FN4O2. The number of anilines is 1. The molecule has 2 amide bonds. The molecule has 4 rings (SSSR count). The van der Waals surface area contributed by atoms with Gasteiger partial charge in [-0.15, -0.1) is 0 Å². The first kappa shape index (κ1) is 22.1. The van der Waals surface area contributed by atoms with E-state index >= 15 is 0 Å². The van der Waals surface area contributed by atoms with Crippen LogP contribution in [-0.2, 0) is 16.0 Å². The molecular weight excluding hydrogens is 395 g/mol. The van der Waals surface area contributed by atoms with Gasteiger partial charge < -0.3 is 15.5 Å². The third-order valence-corrected chi connectivity index (χ3v) is 7.33. The van der Waals surface area contributed by atoms with Crippen LogP contribution >= 0.6 is 0 Å². The summed E-state index contributed by atoms with van der Waals surface area (Å²) < 4.78 is 14.2. The summed E-state index contributed by atoms with van der Waals surface area (Å²) in [6.07, 6.45) is 4.51. The van der Waals surface area contributed by atoms with Crippen LogP contribution in [0.25, 0.3) is 0 Å². The number of amides is 2. The third kappa shape index (κ3) is 4.43. The first-order chi connectivity index (χ1) is 14.7. The van der Waals surface area contributed by atoms with E-state index in [0.717, 1.165) is 50.0 Å². The zero-order valence-electron chi connectivity index (χ0n) is 19.1. The highest BCUT2D eigenvalue weighted by atomic mass is 19.1. The molecule has 2 fully saturated rings. The van der Waals surface area contributed by atoms with Crippen molar-refractivity contribution in [3.8, 4) is 0 Å². The standard InChI is InChI=1S/C24H35FN4O2/c1-14-8-9-21(25)20-11-22(27-23(14)20)24(31)26-18-6-5-7-19(10-18)28-12-15(2)29(17(4)30)16(3)13-28/h8-9,15-16,18-19,22,27H,5-7,10-13H2,1-4H3,(H,26,31)/t15-,16-,18+,19-,22?/m0/s1. The molecule has 1 aromatic carbocycles. The summed E-state index contributed by atoms with van der Waals surface area (Å²) >= 11 is 0. The van der Waals surface area contributed by atoms with Crippen molar-refractivity contribution in [1.82, 2.24) is 15.1 Å². The highest BCUT2D eigenvalue weighted by Crippen LogP contribution is 2.32. The molecule has 7 heteroatoms. The lowest BCUT2D eigenvalue weighted by Gasteiger charge is -2.48. The Kier molecular flexibility index (Phi) is 6.24. The second-order valence-electron chi connectivity index (χ2n) is 9.72. The minimum atomic E-state index is -0.412.